The lowest BCUT2D eigenvalue weighted by Gasteiger charge is -2.16. The van der Waals surface area contributed by atoms with E-state index in [9.17, 15) is 14.4 Å². The number of benzene rings is 2. The number of aromatic nitrogens is 2. The van der Waals surface area contributed by atoms with Crippen LogP contribution in [-0.4, -0.2) is 39.5 Å². The van der Waals surface area contributed by atoms with Gasteiger partial charge in [-0.05, 0) is 29.8 Å². The second-order valence-electron chi connectivity index (χ2n) is 6.98. The highest BCUT2D eigenvalue weighted by molar-refractivity contribution is 6.21. The number of nitrogens with one attached hydrogen (secondary N) is 1. The number of ether oxygens (including phenoxy) is 1. The molecular weight excluding hydrogens is 384 g/mol. The molecule has 8 nitrogen and oxygen atoms in total. The first-order valence-corrected chi connectivity index (χ1v) is 9.36. The molecule has 0 spiro atoms. The molecule has 0 aliphatic carbocycles. The van der Waals surface area contributed by atoms with Crippen molar-refractivity contribution >= 4 is 17.7 Å². The Labute approximate surface area is 173 Å². The van der Waals surface area contributed by atoms with Gasteiger partial charge in [-0.25, -0.2) is 0 Å². The maximum Gasteiger partial charge on any atom is 0.261 e. The largest absolute Gasteiger partial charge is 0.496 e. The van der Waals surface area contributed by atoms with Crippen LogP contribution in [0.3, 0.4) is 0 Å². The summed E-state index contributed by atoms with van der Waals surface area (Å²) < 4.78 is 6.97. The van der Waals surface area contributed by atoms with Gasteiger partial charge >= 0.3 is 0 Å². The summed E-state index contributed by atoms with van der Waals surface area (Å²) in [6, 6.07) is 11.8. The number of methoxy groups -OCH3 is 1. The zero-order valence-electron chi connectivity index (χ0n) is 16.6. The van der Waals surface area contributed by atoms with Gasteiger partial charge in [-0.15, -0.1) is 0 Å². The summed E-state index contributed by atoms with van der Waals surface area (Å²) in [5.74, 6) is -0.590. The van der Waals surface area contributed by atoms with Crippen molar-refractivity contribution < 1.29 is 19.1 Å². The first kappa shape index (κ1) is 19.4. The lowest BCUT2D eigenvalue weighted by molar-refractivity contribution is 0.0642. The Bertz CT molecular complexity index is 1120. The summed E-state index contributed by atoms with van der Waals surface area (Å²) in [6.45, 7) is 0.387. The Hall–Kier alpha value is -3.94. The van der Waals surface area contributed by atoms with Crippen LogP contribution < -0.4 is 10.1 Å². The van der Waals surface area contributed by atoms with Crippen molar-refractivity contribution in [1.82, 2.24) is 20.0 Å². The first-order valence-electron chi connectivity index (χ1n) is 9.36. The predicted octanol–water partition coefficient (Wildman–Crippen LogP) is 2.15. The molecule has 0 saturated heterocycles. The van der Waals surface area contributed by atoms with Crippen LogP contribution in [0.2, 0.25) is 0 Å². The van der Waals surface area contributed by atoms with Gasteiger partial charge in [0.2, 0.25) is 0 Å². The molecule has 3 aromatic rings. The van der Waals surface area contributed by atoms with Crippen molar-refractivity contribution in [3.05, 3.63) is 82.7 Å². The van der Waals surface area contributed by atoms with Crippen molar-refractivity contribution in [2.45, 2.75) is 13.1 Å². The number of nitrogens with zero attached hydrogens (tertiary/aromatic N) is 3. The molecule has 152 valence electrons. The topological polar surface area (TPSA) is 93.5 Å². The zero-order chi connectivity index (χ0) is 21.3. The molecule has 4 rings (SSSR count). The van der Waals surface area contributed by atoms with Gasteiger partial charge in [0.05, 0.1) is 36.5 Å². The Morgan fingerprint density at radius 1 is 1.07 bits per heavy atom. The number of amides is 3. The van der Waals surface area contributed by atoms with Crippen molar-refractivity contribution in [1.29, 1.82) is 0 Å². The number of hydrogen-bond acceptors (Lipinski definition) is 5. The number of rotatable bonds is 6. The molecule has 30 heavy (non-hydrogen) atoms. The minimum absolute atomic E-state index is 0.0687. The Balaban J connectivity index is 1.53. The third kappa shape index (κ3) is 3.55. The molecule has 1 aliphatic heterocycles. The SMILES string of the molecule is COc1ccc(CN2C(=O)c3ccccc3C2=O)cc1C(=O)NCc1cnn(C)c1. The fourth-order valence-corrected chi connectivity index (χ4v) is 3.44. The average Bonchev–Trinajstić information content (AvgIpc) is 3.28. The average molecular weight is 404 g/mol. The number of imide groups is 1. The van der Waals surface area contributed by atoms with E-state index in [1.54, 1.807) is 60.4 Å². The highest BCUT2D eigenvalue weighted by Gasteiger charge is 2.35. The third-order valence-electron chi connectivity index (χ3n) is 4.94. The molecule has 2 heterocycles. The summed E-state index contributed by atoms with van der Waals surface area (Å²) in [5.41, 5.74) is 2.63. The number of aryl methyl sites for hydroxylation is 1. The molecule has 1 aromatic heterocycles. The molecule has 1 N–H and O–H groups in total. The van der Waals surface area contributed by atoms with Crippen molar-refractivity contribution in [2.75, 3.05) is 7.11 Å². The standard InChI is InChI=1S/C22H20N4O4/c1-25-12-15(11-24-25)10-23-20(27)18-9-14(7-8-19(18)30-2)13-26-21(28)16-5-3-4-6-17(16)22(26)29/h3-9,11-12H,10,13H2,1-2H3,(H,23,27). The number of hydrogen-bond donors (Lipinski definition) is 1. The molecule has 3 amide bonds. The predicted molar refractivity (Wildman–Crippen MR) is 108 cm³/mol. The molecule has 0 radical (unpaired) electrons. The van der Waals surface area contributed by atoms with Gasteiger partial charge < -0.3 is 10.1 Å². The third-order valence-corrected chi connectivity index (χ3v) is 4.94. The van der Waals surface area contributed by atoms with Crippen LogP contribution in [0.5, 0.6) is 5.75 Å². The molecule has 8 heteroatoms. The van der Waals surface area contributed by atoms with Gasteiger partial charge in [0.25, 0.3) is 17.7 Å². The molecule has 0 saturated carbocycles. The van der Waals surface area contributed by atoms with Gasteiger partial charge in [0.1, 0.15) is 5.75 Å². The molecule has 1 aliphatic rings. The normalized spacial score (nSPS) is 12.8. The van der Waals surface area contributed by atoms with E-state index < -0.39 is 0 Å². The lowest BCUT2D eigenvalue weighted by atomic mass is 10.1. The number of carbonyl (C=O) groups excluding carboxylic acids is 3. The van der Waals surface area contributed by atoms with E-state index in [0.717, 1.165) is 5.56 Å². The van der Waals surface area contributed by atoms with E-state index in [1.807, 2.05) is 6.20 Å². The van der Waals surface area contributed by atoms with Crippen molar-refractivity contribution in [3.63, 3.8) is 0 Å². The van der Waals surface area contributed by atoms with Crippen LogP contribution in [0.25, 0.3) is 0 Å². The van der Waals surface area contributed by atoms with Crippen LogP contribution in [0, 0.1) is 0 Å². The Morgan fingerprint density at radius 3 is 2.37 bits per heavy atom. The summed E-state index contributed by atoms with van der Waals surface area (Å²) in [4.78, 5) is 39.1. The van der Waals surface area contributed by atoms with Crippen LogP contribution in [0.4, 0.5) is 0 Å². The monoisotopic (exact) mass is 404 g/mol. The molecule has 0 fully saturated rings. The second kappa shape index (κ2) is 7.82. The van der Waals surface area contributed by atoms with Crippen molar-refractivity contribution in [2.24, 2.45) is 7.05 Å². The number of carbonyl (C=O) groups is 3. The highest BCUT2D eigenvalue weighted by Crippen LogP contribution is 2.26. The molecule has 0 bridgehead atoms. The van der Waals surface area contributed by atoms with E-state index >= 15 is 0 Å². The minimum Gasteiger partial charge on any atom is -0.496 e. The molecular formula is C22H20N4O4. The second-order valence-corrected chi connectivity index (χ2v) is 6.98. The molecule has 2 aromatic carbocycles. The Kier molecular flexibility index (Phi) is 5.05. The van der Waals surface area contributed by atoms with Crippen LogP contribution in [0.1, 0.15) is 42.2 Å². The molecule has 0 unspecified atom stereocenters. The molecule has 0 atom stereocenters. The van der Waals surface area contributed by atoms with Gasteiger partial charge in [-0.2, -0.15) is 5.10 Å². The van der Waals surface area contributed by atoms with E-state index in [1.165, 1.54) is 12.0 Å². The van der Waals surface area contributed by atoms with Gasteiger partial charge in [-0.3, -0.25) is 24.0 Å². The van der Waals surface area contributed by atoms with Gasteiger partial charge in [0.15, 0.2) is 0 Å². The van der Waals surface area contributed by atoms with E-state index in [4.69, 9.17) is 4.74 Å². The minimum atomic E-state index is -0.339. The van der Waals surface area contributed by atoms with E-state index in [-0.39, 0.29) is 24.3 Å². The summed E-state index contributed by atoms with van der Waals surface area (Å²) in [5, 5.41) is 6.91. The fourth-order valence-electron chi connectivity index (χ4n) is 3.44. The van der Waals surface area contributed by atoms with Crippen molar-refractivity contribution in [3.8, 4) is 5.75 Å². The Morgan fingerprint density at radius 2 is 1.77 bits per heavy atom. The highest BCUT2D eigenvalue weighted by atomic mass is 16.5. The van der Waals surface area contributed by atoms with Gasteiger partial charge in [0, 0.05) is 25.4 Å². The van der Waals surface area contributed by atoms with Crippen LogP contribution in [-0.2, 0) is 20.1 Å². The van der Waals surface area contributed by atoms with E-state index in [2.05, 4.69) is 10.4 Å². The van der Waals surface area contributed by atoms with Crippen LogP contribution in [0.15, 0.2) is 54.9 Å². The maximum absolute atomic E-state index is 12.7. The summed E-state index contributed by atoms with van der Waals surface area (Å²) in [6.07, 6.45) is 3.49. The van der Waals surface area contributed by atoms with E-state index in [0.29, 0.717) is 34.5 Å². The van der Waals surface area contributed by atoms with Gasteiger partial charge in [-0.1, -0.05) is 18.2 Å². The quantitative estimate of drug-likeness (QED) is 0.636. The number of fused-ring (bicyclic) bond motifs is 1. The summed E-state index contributed by atoms with van der Waals surface area (Å²) >= 11 is 0. The lowest BCUT2D eigenvalue weighted by Crippen LogP contribution is -2.29. The smallest absolute Gasteiger partial charge is 0.261 e. The fraction of sp³-hybridized carbons (Fsp3) is 0.182. The summed E-state index contributed by atoms with van der Waals surface area (Å²) in [7, 11) is 3.29. The first-order chi connectivity index (χ1) is 14.5. The maximum atomic E-state index is 12.7. The van der Waals surface area contributed by atoms with Crippen LogP contribution >= 0.6 is 0 Å². The zero-order valence-corrected chi connectivity index (χ0v) is 16.6.